The first-order valence-corrected chi connectivity index (χ1v) is 11.6. The van der Waals surface area contributed by atoms with Gasteiger partial charge in [-0.15, -0.1) is 0 Å². The van der Waals surface area contributed by atoms with Crippen molar-refractivity contribution in [3.63, 3.8) is 0 Å². The molecule has 1 N–H and O–H groups in total. The molecule has 1 aliphatic heterocycles. The highest BCUT2D eigenvalue weighted by Gasteiger charge is 2.54. The summed E-state index contributed by atoms with van der Waals surface area (Å²) in [6, 6.07) is 17.5. The Labute approximate surface area is 195 Å². The van der Waals surface area contributed by atoms with Crippen molar-refractivity contribution in [3.05, 3.63) is 59.7 Å². The van der Waals surface area contributed by atoms with Gasteiger partial charge in [-0.05, 0) is 43.7 Å². The van der Waals surface area contributed by atoms with Crippen LogP contribution in [0.15, 0.2) is 48.5 Å². The molecule has 1 saturated carbocycles. The first-order valence-electron chi connectivity index (χ1n) is 11.6. The van der Waals surface area contributed by atoms with Crippen molar-refractivity contribution >= 4 is 5.91 Å². The lowest BCUT2D eigenvalue weighted by molar-refractivity contribution is -0.132. The number of ether oxygens (including phenoxy) is 2. The Morgan fingerprint density at radius 3 is 2.52 bits per heavy atom. The number of hydrogen-bond acceptors (Lipinski definition) is 5. The number of aliphatic hydroxyl groups is 1. The Balaban J connectivity index is 1.64. The lowest BCUT2D eigenvalue weighted by Gasteiger charge is -2.45. The number of para-hydroxylation sites is 2. The molecule has 0 aromatic heterocycles. The van der Waals surface area contributed by atoms with Crippen LogP contribution >= 0.6 is 0 Å². The van der Waals surface area contributed by atoms with Gasteiger partial charge in [0.05, 0.1) is 31.8 Å². The predicted octanol–water partition coefficient (Wildman–Crippen LogP) is 4.09. The van der Waals surface area contributed by atoms with E-state index in [1.807, 2.05) is 60.4 Å². The standard InChI is InChI=1S/C27H32N2O4/c1-18(21-8-4-6-10-24(21)32-2)26(30)29-16-20-14-19(12-13-28)15-27(31,23(20)17-29)22-9-5-7-11-25(22)33-3/h4-11,18-20,23,31H,12,14-17H2,1-3H3. The van der Waals surface area contributed by atoms with Gasteiger partial charge in [-0.2, -0.15) is 5.26 Å². The molecule has 1 aliphatic carbocycles. The van der Waals surface area contributed by atoms with Crippen molar-refractivity contribution in [3.8, 4) is 17.6 Å². The van der Waals surface area contributed by atoms with E-state index in [1.165, 1.54) is 0 Å². The number of benzene rings is 2. The van der Waals surface area contributed by atoms with Crippen molar-refractivity contribution in [2.45, 2.75) is 37.7 Å². The first kappa shape index (κ1) is 23.1. The lowest BCUT2D eigenvalue weighted by Crippen LogP contribution is -2.46. The third kappa shape index (κ3) is 4.18. The molecule has 2 aromatic carbocycles. The molecule has 2 aliphatic rings. The average molecular weight is 449 g/mol. The van der Waals surface area contributed by atoms with Crippen molar-refractivity contribution in [2.75, 3.05) is 27.3 Å². The third-order valence-corrected chi connectivity index (χ3v) is 7.53. The molecule has 2 aromatic rings. The van der Waals surface area contributed by atoms with Gasteiger partial charge in [0.15, 0.2) is 0 Å². The van der Waals surface area contributed by atoms with Crippen LogP contribution in [0.5, 0.6) is 11.5 Å². The van der Waals surface area contributed by atoms with Gasteiger partial charge in [-0.3, -0.25) is 4.79 Å². The molecule has 174 valence electrons. The quantitative estimate of drug-likeness (QED) is 0.720. The number of hydrogen-bond donors (Lipinski definition) is 1. The fourth-order valence-corrected chi connectivity index (χ4v) is 5.96. The zero-order valence-corrected chi connectivity index (χ0v) is 19.5. The summed E-state index contributed by atoms with van der Waals surface area (Å²) >= 11 is 0. The van der Waals surface area contributed by atoms with E-state index in [0.29, 0.717) is 37.4 Å². The zero-order chi connectivity index (χ0) is 23.6. The number of methoxy groups -OCH3 is 2. The second kappa shape index (κ2) is 9.44. The number of rotatable bonds is 6. The first-order chi connectivity index (χ1) is 15.9. The molecule has 0 bridgehead atoms. The Hall–Kier alpha value is -3.04. The molecule has 2 fully saturated rings. The summed E-state index contributed by atoms with van der Waals surface area (Å²) < 4.78 is 11.1. The summed E-state index contributed by atoms with van der Waals surface area (Å²) in [6.45, 7) is 2.98. The maximum atomic E-state index is 13.5. The zero-order valence-electron chi connectivity index (χ0n) is 19.5. The molecule has 5 atom stereocenters. The van der Waals surface area contributed by atoms with Crippen LogP contribution in [0.2, 0.25) is 0 Å². The van der Waals surface area contributed by atoms with Gasteiger partial charge in [0.25, 0.3) is 0 Å². The van der Waals surface area contributed by atoms with E-state index in [-0.39, 0.29) is 29.6 Å². The van der Waals surface area contributed by atoms with Crippen LogP contribution in [0.4, 0.5) is 0 Å². The van der Waals surface area contributed by atoms with Gasteiger partial charge in [0.1, 0.15) is 11.5 Å². The number of amides is 1. The predicted molar refractivity (Wildman–Crippen MR) is 125 cm³/mol. The molecular formula is C27H32N2O4. The molecule has 5 unspecified atom stereocenters. The number of nitriles is 1. The largest absolute Gasteiger partial charge is 0.496 e. The van der Waals surface area contributed by atoms with Crippen molar-refractivity contribution in [1.82, 2.24) is 4.90 Å². The molecule has 1 heterocycles. The average Bonchev–Trinajstić information content (AvgIpc) is 3.28. The van der Waals surface area contributed by atoms with Gasteiger partial charge in [-0.25, -0.2) is 0 Å². The van der Waals surface area contributed by atoms with Crippen molar-refractivity contribution < 1.29 is 19.4 Å². The van der Waals surface area contributed by atoms with E-state index < -0.39 is 5.60 Å². The minimum Gasteiger partial charge on any atom is -0.496 e. The highest BCUT2D eigenvalue weighted by Crippen LogP contribution is 2.53. The molecule has 1 saturated heterocycles. The van der Waals surface area contributed by atoms with Gasteiger partial charge in [0.2, 0.25) is 5.91 Å². The smallest absolute Gasteiger partial charge is 0.229 e. The summed E-state index contributed by atoms with van der Waals surface area (Å²) in [7, 11) is 3.22. The summed E-state index contributed by atoms with van der Waals surface area (Å²) in [5, 5.41) is 21.5. The van der Waals surface area contributed by atoms with Crippen LogP contribution in [-0.2, 0) is 10.4 Å². The van der Waals surface area contributed by atoms with E-state index in [4.69, 9.17) is 9.47 Å². The summed E-state index contributed by atoms with van der Waals surface area (Å²) in [5.41, 5.74) is 0.458. The van der Waals surface area contributed by atoms with Crippen LogP contribution in [0.25, 0.3) is 0 Å². The lowest BCUT2D eigenvalue weighted by atomic mass is 9.63. The Morgan fingerprint density at radius 1 is 1.15 bits per heavy atom. The van der Waals surface area contributed by atoms with Gasteiger partial charge in [0, 0.05) is 36.6 Å². The van der Waals surface area contributed by atoms with E-state index in [9.17, 15) is 15.2 Å². The van der Waals surface area contributed by atoms with Gasteiger partial charge in [-0.1, -0.05) is 36.4 Å². The van der Waals surface area contributed by atoms with Gasteiger partial charge >= 0.3 is 0 Å². The molecule has 33 heavy (non-hydrogen) atoms. The SMILES string of the molecule is COc1ccccc1C(C)C(=O)N1CC2CC(CC#N)CC(O)(c3ccccc3OC)C2C1. The van der Waals surface area contributed by atoms with Crippen LogP contribution in [-0.4, -0.2) is 43.2 Å². The summed E-state index contributed by atoms with van der Waals surface area (Å²) in [6.07, 6.45) is 1.72. The second-order valence-corrected chi connectivity index (χ2v) is 9.37. The number of carbonyl (C=O) groups is 1. The van der Waals surface area contributed by atoms with Crippen LogP contribution in [0.3, 0.4) is 0 Å². The number of fused-ring (bicyclic) bond motifs is 1. The van der Waals surface area contributed by atoms with E-state index >= 15 is 0 Å². The monoisotopic (exact) mass is 448 g/mol. The van der Waals surface area contributed by atoms with E-state index in [0.717, 1.165) is 17.5 Å². The van der Waals surface area contributed by atoms with Crippen LogP contribution in [0, 0.1) is 29.1 Å². The Morgan fingerprint density at radius 2 is 1.82 bits per heavy atom. The third-order valence-electron chi connectivity index (χ3n) is 7.53. The normalized spacial score (nSPS) is 27.4. The highest BCUT2D eigenvalue weighted by molar-refractivity contribution is 5.84. The number of carbonyl (C=O) groups excluding carboxylic acids is 1. The van der Waals surface area contributed by atoms with Crippen LogP contribution in [0.1, 0.15) is 43.2 Å². The molecule has 0 radical (unpaired) electrons. The van der Waals surface area contributed by atoms with E-state index in [2.05, 4.69) is 6.07 Å². The molecule has 1 amide bonds. The second-order valence-electron chi connectivity index (χ2n) is 9.37. The molecule has 6 heteroatoms. The van der Waals surface area contributed by atoms with E-state index in [1.54, 1.807) is 14.2 Å². The van der Waals surface area contributed by atoms with Crippen molar-refractivity contribution in [2.24, 2.45) is 17.8 Å². The van der Waals surface area contributed by atoms with Gasteiger partial charge < -0.3 is 19.5 Å². The number of likely N-dealkylation sites (tertiary alicyclic amines) is 1. The highest BCUT2D eigenvalue weighted by atomic mass is 16.5. The molecular weight excluding hydrogens is 416 g/mol. The topological polar surface area (TPSA) is 82.8 Å². The summed E-state index contributed by atoms with van der Waals surface area (Å²) in [4.78, 5) is 15.4. The minimum atomic E-state index is -1.15. The molecule has 4 rings (SSSR count). The fourth-order valence-electron chi connectivity index (χ4n) is 5.96. The Kier molecular flexibility index (Phi) is 6.62. The maximum absolute atomic E-state index is 13.5. The molecule has 6 nitrogen and oxygen atoms in total. The molecule has 0 spiro atoms. The Bertz CT molecular complexity index is 1050. The summed E-state index contributed by atoms with van der Waals surface area (Å²) in [5.74, 6) is 1.12. The van der Waals surface area contributed by atoms with Crippen molar-refractivity contribution in [1.29, 1.82) is 5.26 Å². The fraction of sp³-hybridized carbons (Fsp3) is 0.481. The number of nitrogens with zero attached hydrogens (tertiary/aromatic N) is 2. The van der Waals surface area contributed by atoms with Crippen LogP contribution < -0.4 is 9.47 Å². The minimum absolute atomic E-state index is 0.0353. The maximum Gasteiger partial charge on any atom is 0.229 e.